The molecule has 1 saturated heterocycles. The number of nitrogens with one attached hydrogen (secondary N) is 5. The van der Waals surface area contributed by atoms with E-state index in [4.69, 9.17) is 15.3 Å². The molecular formula is C50H66N6O11S. The number of hydrogen-bond acceptors (Lipinski definition) is 12. The summed E-state index contributed by atoms with van der Waals surface area (Å²) in [4.78, 5) is 84.2. The van der Waals surface area contributed by atoms with Crippen LogP contribution in [0.15, 0.2) is 89.8 Å². The van der Waals surface area contributed by atoms with Gasteiger partial charge in [-0.3, -0.25) is 37.9 Å². The average molecular weight is 959 g/mol. The summed E-state index contributed by atoms with van der Waals surface area (Å²) in [6.07, 6.45) is 6.07. The first-order chi connectivity index (χ1) is 32.3. The van der Waals surface area contributed by atoms with E-state index in [2.05, 4.69) is 32.5 Å². The van der Waals surface area contributed by atoms with E-state index in [1.54, 1.807) is 44.2 Å². The minimum atomic E-state index is -4.62. The van der Waals surface area contributed by atoms with Crippen LogP contribution in [-0.2, 0) is 55.9 Å². The lowest BCUT2D eigenvalue weighted by molar-refractivity contribution is -0.143. The molecule has 368 valence electrons. The molecule has 0 saturated carbocycles. The number of Topliss-reactive ketones (excluding diaryl/α,β-unsaturated/α-hetero) is 1. The highest BCUT2D eigenvalue weighted by Crippen LogP contribution is 2.21. The predicted octanol–water partition coefficient (Wildman–Crippen LogP) is 2.31. The first-order valence-corrected chi connectivity index (χ1v) is 24.2. The van der Waals surface area contributed by atoms with E-state index >= 15 is 0 Å². The van der Waals surface area contributed by atoms with Gasteiger partial charge in [-0.05, 0) is 73.8 Å². The Hall–Kier alpha value is -5.97. The Labute approximate surface area is 400 Å². The second-order valence-electron chi connectivity index (χ2n) is 17.9. The number of terminal acetylenes is 1. The molecule has 0 aromatic heterocycles. The second-order valence-corrected chi connectivity index (χ2v) is 19.5. The summed E-state index contributed by atoms with van der Waals surface area (Å²) < 4.78 is 37.1. The topological polar surface area (TPSA) is 239 Å². The number of aliphatic hydroxyl groups is 1. The molecule has 18 heteroatoms. The fraction of sp³-hybridized carbons (Fsp3) is 0.480. The SMILES string of the molecule is C#CCNC(=O)c1cccc(S(=O)(=O)OCC(C)(O)C(=O)[C@H](CC(C)C)NC(=O)[C@H](Cc2ccccc2)NC(=O)[C@H](CC(C)C)NC(=O)[C@H](CCc2ccccc2)NC(=O)CN2CCOCC2)c1. The van der Waals surface area contributed by atoms with Crippen LogP contribution in [0.1, 0.15) is 75.4 Å². The van der Waals surface area contributed by atoms with Gasteiger partial charge < -0.3 is 36.4 Å². The molecule has 0 aliphatic carbocycles. The smallest absolute Gasteiger partial charge is 0.297 e. The summed E-state index contributed by atoms with van der Waals surface area (Å²) in [7, 11) is -4.62. The van der Waals surface area contributed by atoms with Crippen molar-refractivity contribution in [1.29, 1.82) is 0 Å². The molecule has 1 unspecified atom stereocenters. The minimum Gasteiger partial charge on any atom is -0.380 e. The van der Waals surface area contributed by atoms with E-state index in [9.17, 15) is 42.3 Å². The Morgan fingerprint density at radius 2 is 1.32 bits per heavy atom. The van der Waals surface area contributed by atoms with Crippen LogP contribution in [0.2, 0.25) is 0 Å². The number of morpholine rings is 1. The molecule has 68 heavy (non-hydrogen) atoms. The molecule has 0 radical (unpaired) electrons. The van der Waals surface area contributed by atoms with E-state index in [0.29, 0.717) is 38.3 Å². The van der Waals surface area contributed by atoms with Gasteiger partial charge in [0.05, 0.1) is 37.2 Å². The van der Waals surface area contributed by atoms with Crippen molar-refractivity contribution in [2.75, 3.05) is 46.0 Å². The summed E-state index contributed by atoms with van der Waals surface area (Å²) in [5.74, 6) is -2.04. The van der Waals surface area contributed by atoms with Gasteiger partial charge in [-0.2, -0.15) is 8.42 Å². The van der Waals surface area contributed by atoms with Crippen molar-refractivity contribution in [1.82, 2.24) is 31.5 Å². The van der Waals surface area contributed by atoms with Crippen molar-refractivity contribution >= 4 is 45.4 Å². The van der Waals surface area contributed by atoms with Crippen LogP contribution in [-0.4, -0.2) is 130 Å². The summed E-state index contributed by atoms with van der Waals surface area (Å²) in [6, 6.07) is 18.4. The molecule has 1 aliphatic heterocycles. The van der Waals surface area contributed by atoms with Crippen LogP contribution in [0.5, 0.6) is 0 Å². The van der Waals surface area contributed by atoms with Gasteiger partial charge in [0.2, 0.25) is 23.6 Å². The maximum atomic E-state index is 14.4. The highest BCUT2D eigenvalue weighted by Gasteiger charge is 2.40. The Bertz CT molecular complexity index is 2310. The Morgan fingerprint density at radius 1 is 0.765 bits per heavy atom. The number of carbonyl (C=O) groups excluding carboxylic acids is 6. The summed E-state index contributed by atoms with van der Waals surface area (Å²) in [5.41, 5.74) is -0.857. The van der Waals surface area contributed by atoms with Gasteiger partial charge in [0.25, 0.3) is 16.0 Å². The van der Waals surface area contributed by atoms with Crippen molar-refractivity contribution in [3.05, 3.63) is 102 Å². The molecule has 1 heterocycles. The van der Waals surface area contributed by atoms with E-state index in [1.807, 2.05) is 49.1 Å². The van der Waals surface area contributed by atoms with Gasteiger partial charge in [-0.15, -0.1) is 6.42 Å². The maximum Gasteiger partial charge on any atom is 0.297 e. The standard InChI is InChI=1S/C50H66N6O11S/c1-7-23-51-46(59)38-19-14-20-39(31-38)68(64,65)67-33-50(6,63)45(58)41(28-34(2)3)53-49(62)43(30-37-17-12-9-13-18-37)55-48(61)42(29-35(4)5)54-47(60)40(22-21-36-15-10-8-11-16-36)52-44(57)32-56-24-26-66-27-25-56/h1,8-20,31,34-35,40-43,63H,21-30,32-33H2,2-6H3,(H,51,59)(H,52,57)(H,53,62)(H,54,60)(H,55,61)/t40-,41-,42-,43-,50?/m0/s1. The van der Waals surface area contributed by atoms with E-state index in [0.717, 1.165) is 18.6 Å². The number of nitrogens with zero attached hydrogens (tertiary/aromatic N) is 1. The Morgan fingerprint density at radius 3 is 1.94 bits per heavy atom. The first kappa shape index (κ1) is 54.6. The van der Waals surface area contributed by atoms with Crippen molar-refractivity contribution < 1.29 is 51.2 Å². The molecule has 5 amide bonds. The van der Waals surface area contributed by atoms with Crippen molar-refractivity contribution in [2.24, 2.45) is 11.8 Å². The predicted molar refractivity (Wildman–Crippen MR) is 255 cm³/mol. The van der Waals surface area contributed by atoms with Gasteiger partial charge in [0.15, 0.2) is 5.78 Å². The highest BCUT2D eigenvalue weighted by molar-refractivity contribution is 7.86. The number of ether oxygens (including phenoxy) is 1. The lowest BCUT2D eigenvalue weighted by Crippen LogP contribution is -2.60. The third-order valence-electron chi connectivity index (χ3n) is 11.0. The number of ketones is 1. The molecule has 0 bridgehead atoms. The van der Waals surface area contributed by atoms with Crippen LogP contribution < -0.4 is 26.6 Å². The molecule has 17 nitrogen and oxygen atoms in total. The van der Waals surface area contributed by atoms with Gasteiger partial charge in [0, 0.05) is 25.1 Å². The van der Waals surface area contributed by atoms with Crippen molar-refractivity contribution in [3.8, 4) is 12.3 Å². The van der Waals surface area contributed by atoms with Gasteiger partial charge in [-0.1, -0.05) is 100 Å². The van der Waals surface area contributed by atoms with Gasteiger partial charge in [0.1, 0.15) is 30.3 Å². The van der Waals surface area contributed by atoms with Crippen molar-refractivity contribution in [2.45, 2.75) is 101 Å². The first-order valence-electron chi connectivity index (χ1n) is 22.8. The minimum absolute atomic E-state index is 0.0158. The average Bonchev–Trinajstić information content (AvgIpc) is 3.31. The zero-order chi connectivity index (χ0) is 49.9. The van der Waals surface area contributed by atoms with Crippen LogP contribution >= 0.6 is 0 Å². The second kappa shape index (κ2) is 26.5. The zero-order valence-corrected chi connectivity index (χ0v) is 40.3. The van der Waals surface area contributed by atoms with Crippen LogP contribution in [0.25, 0.3) is 0 Å². The van der Waals surface area contributed by atoms with Crippen LogP contribution in [0.3, 0.4) is 0 Å². The molecule has 1 fully saturated rings. The quantitative estimate of drug-likeness (QED) is 0.0503. The largest absolute Gasteiger partial charge is 0.380 e. The molecule has 1 aliphatic rings. The van der Waals surface area contributed by atoms with E-state index in [-0.39, 0.29) is 62.1 Å². The van der Waals surface area contributed by atoms with Gasteiger partial charge in [-0.25, -0.2) is 0 Å². The third-order valence-corrected chi connectivity index (χ3v) is 12.3. The molecule has 5 atom stereocenters. The number of aryl methyl sites for hydroxylation is 1. The Balaban J connectivity index is 1.54. The molecular weight excluding hydrogens is 893 g/mol. The number of benzene rings is 3. The maximum absolute atomic E-state index is 14.4. The zero-order valence-electron chi connectivity index (χ0n) is 39.5. The van der Waals surface area contributed by atoms with E-state index < -0.39 is 80.8 Å². The fourth-order valence-electron chi connectivity index (χ4n) is 7.44. The molecule has 3 aromatic rings. The molecule has 3 aromatic carbocycles. The Kier molecular flexibility index (Phi) is 21.3. The lowest BCUT2D eigenvalue weighted by atomic mass is 9.90. The van der Waals surface area contributed by atoms with Gasteiger partial charge >= 0.3 is 0 Å². The van der Waals surface area contributed by atoms with Crippen molar-refractivity contribution in [3.63, 3.8) is 0 Å². The summed E-state index contributed by atoms with van der Waals surface area (Å²) in [5, 5.41) is 25.1. The summed E-state index contributed by atoms with van der Waals surface area (Å²) in [6.45, 7) is 9.46. The summed E-state index contributed by atoms with van der Waals surface area (Å²) >= 11 is 0. The van der Waals surface area contributed by atoms with Crippen LogP contribution in [0.4, 0.5) is 0 Å². The number of amides is 5. The lowest BCUT2D eigenvalue weighted by Gasteiger charge is -2.30. The van der Waals surface area contributed by atoms with E-state index in [1.165, 1.54) is 18.2 Å². The monoisotopic (exact) mass is 958 g/mol. The number of carbonyl (C=O) groups is 6. The third kappa shape index (κ3) is 17.9. The molecule has 6 N–H and O–H groups in total. The normalized spacial score (nSPS) is 15.7. The highest BCUT2D eigenvalue weighted by atomic mass is 32.2. The fourth-order valence-corrected chi connectivity index (χ4v) is 8.48. The van der Waals surface area contributed by atoms with Crippen LogP contribution in [0, 0.1) is 24.2 Å². The number of rotatable bonds is 26. The molecule has 4 rings (SSSR count). The number of hydrogen-bond donors (Lipinski definition) is 6. The molecule has 0 spiro atoms.